The van der Waals surface area contributed by atoms with Gasteiger partial charge in [-0.15, -0.1) is 0 Å². The molecule has 0 radical (unpaired) electrons. The summed E-state index contributed by atoms with van der Waals surface area (Å²) in [6.07, 6.45) is 4.23. The third-order valence-electron chi connectivity index (χ3n) is 6.39. The molecule has 6 nitrogen and oxygen atoms in total. The minimum Gasteiger partial charge on any atom is -0.507 e. The van der Waals surface area contributed by atoms with Gasteiger partial charge in [0.15, 0.2) is 11.7 Å². The fourth-order valence-corrected chi connectivity index (χ4v) is 4.61. The van der Waals surface area contributed by atoms with Gasteiger partial charge in [0.25, 0.3) is 5.91 Å². The van der Waals surface area contributed by atoms with Crippen molar-refractivity contribution in [3.8, 4) is 5.75 Å². The number of hydrogen-bond acceptors (Lipinski definition) is 5. The van der Waals surface area contributed by atoms with Crippen molar-refractivity contribution < 1.29 is 24.5 Å². The molecule has 1 fully saturated rings. The van der Waals surface area contributed by atoms with Crippen LogP contribution >= 0.6 is 0 Å². The number of methoxy groups -OCH3 is 1. The lowest BCUT2D eigenvalue weighted by molar-refractivity contribution is -0.142. The molecule has 2 aromatic carbocycles. The van der Waals surface area contributed by atoms with Crippen LogP contribution in [0.25, 0.3) is 6.08 Å². The molecule has 0 saturated carbocycles. The van der Waals surface area contributed by atoms with Gasteiger partial charge in [0.2, 0.25) is 0 Å². The summed E-state index contributed by atoms with van der Waals surface area (Å²) in [5.74, 6) is -0.600. The van der Waals surface area contributed by atoms with E-state index in [0.717, 1.165) is 18.4 Å². The van der Waals surface area contributed by atoms with Gasteiger partial charge in [-0.2, -0.15) is 0 Å². The molecule has 0 unspecified atom stereocenters. The molecule has 0 spiro atoms. The van der Waals surface area contributed by atoms with E-state index in [4.69, 9.17) is 9.47 Å². The molecular weight excluding hydrogens is 406 g/mol. The lowest BCUT2D eigenvalue weighted by atomic mass is 9.76. The highest BCUT2D eigenvalue weighted by Gasteiger charge is 2.51. The second-order valence-corrected chi connectivity index (χ2v) is 8.80. The highest BCUT2D eigenvalue weighted by Crippen LogP contribution is 2.48. The topological polar surface area (TPSA) is 88.0 Å². The van der Waals surface area contributed by atoms with E-state index >= 15 is 0 Å². The molecule has 4 atom stereocenters. The number of carbonyl (C=O) groups is 1. The van der Waals surface area contributed by atoms with Gasteiger partial charge in [-0.3, -0.25) is 4.79 Å². The van der Waals surface area contributed by atoms with Crippen molar-refractivity contribution in [1.82, 2.24) is 0 Å². The molecule has 6 heteroatoms. The number of carbonyl (C=O) groups excluding carboxylic acids is 1. The summed E-state index contributed by atoms with van der Waals surface area (Å²) in [4.78, 5) is 12.7. The van der Waals surface area contributed by atoms with Crippen LogP contribution in [-0.4, -0.2) is 41.0 Å². The minimum absolute atomic E-state index is 0.0163. The zero-order valence-electron chi connectivity index (χ0n) is 18.6. The van der Waals surface area contributed by atoms with Crippen LogP contribution in [0.15, 0.2) is 60.7 Å². The Morgan fingerprint density at radius 2 is 2.00 bits per heavy atom. The first-order valence-corrected chi connectivity index (χ1v) is 10.7. The Morgan fingerprint density at radius 3 is 2.62 bits per heavy atom. The lowest BCUT2D eigenvalue weighted by Crippen LogP contribution is -2.52. The Kier molecular flexibility index (Phi) is 5.71. The normalized spacial score (nSPS) is 29.7. The molecular formula is C26H29NO5. The van der Waals surface area contributed by atoms with Crippen LogP contribution in [0, 0.1) is 0 Å². The largest absolute Gasteiger partial charge is 0.507 e. The van der Waals surface area contributed by atoms with Gasteiger partial charge in [-0.05, 0) is 44.4 Å². The number of aliphatic hydroxyl groups is 1. The standard InChI is InChI=1S/C26H29NO5/c1-16(2)20-13-15-25(3,32-20)14-12-17-10-11-19-21(22(17)28)26(30,18-8-6-5-7-9-18)23(31-4)24(29)27-19/h5-12,14,20,23,28,30H,1,13,15H2,2-4H3,(H,27,29)/b14-12+/t20-,23-,25+,26+/m1/s1. The van der Waals surface area contributed by atoms with Gasteiger partial charge < -0.3 is 25.0 Å². The van der Waals surface area contributed by atoms with Crippen LogP contribution in [-0.2, 0) is 19.9 Å². The number of fused-ring (bicyclic) bond motifs is 1. The first kappa shape index (κ1) is 22.3. The zero-order chi connectivity index (χ0) is 23.1. The Labute approximate surface area is 188 Å². The van der Waals surface area contributed by atoms with E-state index in [-0.39, 0.29) is 17.4 Å². The van der Waals surface area contributed by atoms with Crippen LogP contribution in [0.1, 0.15) is 43.4 Å². The van der Waals surface area contributed by atoms with Crippen molar-refractivity contribution in [2.75, 3.05) is 12.4 Å². The number of rotatable bonds is 5. The SMILES string of the molecule is C=C(C)[C@H]1CC[C@](C)(/C=C/c2ccc3c(c2O)[C@@](O)(c2ccccc2)[C@H](OC)C(=O)N3)O1. The van der Waals surface area contributed by atoms with Crippen LogP contribution < -0.4 is 5.32 Å². The van der Waals surface area contributed by atoms with Gasteiger partial charge in [-0.1, -0.05) is 54.6 Å². The lowest BCUT2D eigenvalue weighted by Gasteiger charge is -2.40. The van der Waals surface area contributed by atoms with E-state index < -0.39 is 23.2 Å². The van der Waals surface area contributed by atoms with Crippen LogP contribution in [0.2, 0.25) is 0 Å². The molecule has 32 heavy (non-hydrogen) atoms. The summed E-state index contributed by atoms with van der Waals surface area (Å²) in [7, 11) is 1.36. The number of ether oxygens (including phenoxy) is 2. The fraction of sp³-hybridized carbons (Fsp3) is 0.346. The Hall–Kier alpha value is -2.93. The molecule has 2 heterocycles. The molecule has 168 valence electrons. The van der Waals surface area contributed by atoms with Crippen molar-refractivity contribution >= 4 is 17.7 Å². The number of aromatic hydroxyl groups is 1. The highest BCUT2D eigenvalue weighted by atomic mass is 16.5. The first-order chi connectivity index (χ1) is 15.2. The summed E-state index contributed by atoms with van der Waals surface area (Å²) in [5, 5.41) is 25.8. The molecule has 0 aromatic heterocycles. The van der Waals surface area contributed by atoms with Crippen LogP contribution in [0.3, 0.4) is 0 Å². The molecule has 3 N–H and O–H groups in total. The Balaban J connectivity index is 1.79. The van der Waals surface area contributed by atoms with E-state index in [0.29, 0.717) is 16.8 Å². The van der Waals surface area contributed by atoms with E-state index in [9.17, 15) is 15.0 Å². The molecule has 0 aliphatic carbocycles. The molecule has 2 aliphatic heterocycles. The molecule has 1 amide bonds. The summed E-state index contributed by atoms with van der Waals surface area (Å²) in [6, 6.07) is 12.2. The third kappa shape index (κ3) is 3.64. The number of hydrogen-bond donors (Lipinski definition) is 3. The quantitative estimate of drug-likeness (QED) is 0.615. The number of amides is 1. The van der Waals surface area contributed by atoms with Gasteiger partial charge in [0.05, 0.1) is 23.0 Å². The average molecular weight is 436 g/mol. The average Bonchev–Trinajstić information content (AvgIpc) is 3.16. The second kappa shape index (κ2) is 8.20. The van der Waals surface area contributed by atoms with Gasteiger partial charge in [0, 0.05) is 12.7 Å². The Morgan fingerprint density at radius 1 is 1.28 bits per heavy atom. The van der Waals surface area contributed by atoms with E-state index in [1.54, 1.807) is 42.5 Å². The summed E-state index contributed by atoms with van der Waals surface area (Å²) < 4.78 is 11.5. The van der Waals surface area contributed by atoms with Gasteiger partial charge >= 0.3 is 0 Å². The first-order valence-electron chi connectivity index (χ1n) is 10.7. The Bertz CT molecular complexity index is 1080. The fourth-order valence-electron chi connectivity index (χ4n) is 4.61. The number of nitrogens with one attached hydrogen (secondary N) is 1. The maximum absolute atomic E-state index is 12.7. The third-order valence-corrected chi connectivity index (χ3v) is 6.39. The summed E-state index contributed by atoms with van der Waals surface area (Å²) in [6.45, 7) is 7.95. The van der Waals surface area contributed by atoms with E-state index in [1.807, 2.05) is 26.0 Å². The molecule has 4 rings (SSSR count). The highest BCUT2D eigenvalue weighted by molar-refractivity contribution is 6.00. The van der Waals surface area contributed by atoms with Gasteiger partial charge in [0.1, 0.15) is 5.75 Å². The van der Waals surface area contributed by atoms with Crippen LogP contribution in [0.4, 0.5) is 5.69 Å². The molecule has 2 aromatic rings. The van der Waals surface area contributed by atoms with E-state index in [1.165, 1.54) is 7.11 Å². The minimum atomic E-state index is -1.86. The van der Waals surface area contributed by atoms with Crippen molar-refractivity contribution in [1.29, 1.82) is 0 Å². The van der Waals surface area contributed by atoms with Crippen molar-refractivity contribution in [2.24, 2.45) is 0 Å². The molecule has 1 saturated heterocycles. The van der Waals surface area contributed by atoms with Crippen molar-refractivity contribution in [2.45, 2.75) is 50.1 Å². The smallest absolute Gasteiger partial charge is 0.257 e. The zero-order valence-corrected chi connectivity index (χ0v) is 18.6. The molecule has 2 aliphatic rings. The maximum atomic E-state index is 12.7. The monoisotopic (exact) mass is 435 g/mol. The second-order valence-electron chi connectivity index (χ2n) is 8.80. The predicted octanol–water partition coefficient (Wildman–Crippen LogP) is 4.12. The maximum Gasteiger partial charge on any atom is 0.257 e. The van der Waals surface area contributed by atoms with Crippen LogP contribution in [0.5, 0.6) is 5.75 Å². The summed E-state index contributed by atoms with van der Waals surface area (Å²) in [5.41, 5.74) is 0.158. The van der Waals surface area contributed by atoms with E-state index in [2.05, 4.69) is 11.9 Å². The number of benzene rings is 2. The predicted molar refractivity (Wildman–Crippen MR) is 123 cm³/mol. The number of phenolic OH excluding ortho intramolecular Hbond substituents is 1. The number of anilines is 1. The van der Waals surface area contributed by atoms with Gasteiger partial charge in [-0.25, -0.2) is 0 Å². The number of phenols is 1. The molecule has 0 bridgehead atoms. The van der Waals surface area contributed by atoms with Crippen molar-refractivity contribution in [3.05, 3.63) is 77.4 Å². The van der Waals surface area contributed by atoms with Crippen molar-refractivity contribution in [3.63, 3.8) is 0 Å². The summed E-state index contributed by atoms with van der Waals surface area (Å²) >= 11 is 0.